The fourth-order valence-electron chi connectivity index (χ4n) is 2.60. The number of rotatable bonds is 7. The number of carbonyl (C=O) groups is 2. The van der Waals surface area contributed by atoms with Gasteiger partial charge in [-0.15, -0.1) is 0 Å². The van der Waals surface area contributed by atoms with Crippen molar-refractivity contribution in [2.45, 2.75) is 19.8 Å². The van der Waals surface area contributed by atoms with Crippen LogP contribution in [0.1, 0.15) is 16.7 Å². The SMILES string of the molecule is COc1ccc(CC(Cc2ccc(C)cc2)(C(=O)O)C(=O)O)cc1. The summed E-state index contributed by atoms with van der Waals surface area (Å²) in [5.41, 5.74) is 0.431. The molecule has 0 spiro atoms. The Balaban J connectivity index is 2.36. The summed E-state index contributed by atoms with van der Waals surface area (Å²) in [6.45, 7) is 1.92. The van der Waals surface area contributed by atoms with Crippen LogP contribution >= 0.6 is 0 Å². The predicted octanol–water partition coefficient (Wildman–Crippen LogP) is 2.94. The van der Waals surface area contributed by atoms with Crippen molar-refractivity contribution in [2.75, 3.05) is 7.11 Å². The van der Waals surface area contributed by atoms with E-state index in [1.807, 2.05) is 19.1 Å². The molecular weight excluding hydrogens is 308 g/mol. The van der Waals surface area contributed by atoms with Crippen LogP contribution < -0.4 is 4.74 Å². The molecule has 0 aliphatic carbocycles. The van der Waals surface area contributed by atoms with Gasteiger partial charge in [0.2, 0.25) is 0 Å². The Morgan fingerprint density at radius 3 is 1.67 bits per heavy atom. The third kappa shape index (κ3) is 3.74. The summed E-state index contributed by atoms with van der Waals surface area (Å²) in [6.07, 6.45) is -0.181. The maximum Gasteiger partial charge on any atom is 0.321 e. The molecule has 24 heavy (non-hydrogen) atoms. The molecule has 2 N–H and O–H groups in total. The van der Waals surface area contributed by atoms with Crippen molar-refractivity contribution in [3.8, 4) is 5.75 Å². The van der Waals surface area contributed by atoms with Crippen LogP contribution in [0.15, 0.2) is 48.5 Å². The summed E-state index contributed by atoms with van der Waals surface area (Å²) in [6, 6.07) is 14.0. The number of benzene rings is 2. The van der Waals surface area contributed by atoms with E-state index in [4.69, 9.17) is 4.74 Å². The molecule has 2 aromatic rings. The molecule has 0 bridgehead atoms. The van der Waals surface area contributed by atoms with E-state index in [-0.39, 0.29) is 12.8 Å². The number of carboxylic acids is 2. The van der Waals surface area contributed by atoms with E-state index in [0.29, 0.717) is 16.9 Å². The molecular formula is C19H20O5. The molecule has 0 saturated carbocycles. The monoisotopic (exact) mass is 328 g/mol. The van der Waals surface area contributed by atoms with Crippen molar-refractivity contribution in [2.24, 2.45) is 5.41 Å². The van der Waals surface area contributed by atoms with Crippen LogP contribution in [0.25, 0.3) is 0 Å². The molecule has 0 amide bonds. The van der Waals surface area contributed by atoms with Crippen molar-refractivity contribution in [3.05, 3.63) is 65.2 Å². The van der Waals surface area contributed by atoms with Crippen LogP contribution in [0.5, 0.6) is 5.75 Å². The molecule has 0 heterocycles. The highest BCUT2D eigenvalue weighted by atomic mass is 16.5. The van der Waals surface area contributed by atoms with Crippen LogP contribution in [0, 0.1) is 12.3 Å². The molecule has 5 heteroatoms. The number of aryl methyl sites for hydroxylation is 1. The summed E-state index contributed by atoms with van der Waals surface area (Å²) < 4.78 is 5.07. The summed E-state index contributed by atoms with van der Waals surface area (Å²) in [4.78, 5) is 23.7. The highest BCUT2D eigenvalue weighted by Crippen LogP contribution is 2.30. The van der Waals surface area contributed by atoms with Crippen molar-refractivity contribution < 1.29 is 24.5 Å². The Morgan fingerprint density at radius 1 is 0.875 bits per heavy atom. The third-order valence-corrected chi connectivity index (χ3v) is 4.11. The molecule has 5 nitrogen and oxygen atoms in total. The van der Waals surface area contributed by atoms with E-state index in [1.54, 1.807) is 36.4 Å². The van der Waals surface area contributed by atoms with E-state index >= 15 is 0 Å². The minimum absolute atomic E-state index is 0.0794. The zero-order valence-corrected chi connectivity index (χ0v) is 13.7. The topological polar surface area (TPSA) is 83.8 Å². The fraction of sp³-hybridized carbons (Fsp3) is 0.263. The van der Waals surface area contributed by atoms with Gasteiger partial charge in [0, 0.05) is 0 Å². The number of ether oxygens (including phenoxy) is 1. The molecule has 0 aliphatic rings. The number of methoxy groups -OCH3 is 1. The molecule has 0 aromatic heterocycles. The van der Waals surface area contributed by atoms with Gasteiger partial charge in [0.1, 0.15) is 5.75 Å². The second-order valence-corrected chi connectivity index (χ2v) is 5.88. The van der Waals surface area contributed by atoms with E-state index in [2.05, 4.69) is 0 Å². The van der Waals surface area contributed by atoms with E-state index in [0.717, 1.165) is 5.56 Å². The highest BCUT2D eigenvalue weighted by molar-refractivity contribution is 5.98. The lowest BCUT2D eigenvalue weighted by Gasteiger charge is -2.25. The normalized spacial score (nSPS) is 11.1. The van der Waals surface area contributed by atoms with Gasteiger partial charge >= 0.3 is 11.9 Å². The fourth-order valence-corrected chi connectivity index (χ4v) is 2.60. The molecule has 2 aromatic carbocycles. The first-order valence-corrected chi connectivity index (χ1v) is 7.52. The van der Waals surface area contributed by atoms with Gasteiger partial charge in [-0.25, -0.2) is 0 Å². The minimum atomic E-state index is -1.91. The third-order valence-electron chi connectivity index (χ3n) is 4.11. The number of hydrogen-bond donors (Lipinski definition) is 2. The Hall–Kier alpha value is -2.82. The van der Waals surface area contributed by atoms with Gasteiger partial charge in [-0.3, -0.25) is 9.59 Å². The lowest BCUT2D eigenvalue weighted by molar-refractivity contribution is -0.164. The van der Waals surface area contributed by atoms with Crippen LogP contribution in [0.4, 0.5) is 0 Å². The quantitative estimate of drug-likeness (QED) is 0.764. The van der Waals surface area contributed by atoms with Gasteiger partial charge < -0.3 is 14.9 Å². The summed E-state index contributed by atoms with van der Waals surface area (Å²) in [5.74, 6) is -2.05. The Labute approximate surface area is 140 Å². The van der Waals surface area contributed by atoms with Gasteiger partial charge in [0.15, 0.2) is 5.41 Å². The molecule has 0 unspecified atom stereocenters. The van der Waals surface area contributed by atoms with Crippen molar-refractivity contribution in [3.63, 3.8) is 0 Å². The van der Waals surface area contributed by atoms with Gasteiger partial charge in [-0.2, -0.15) is 0 Å². The summed E-state index contributed by atoms with van der Waals surface area (Å²) >= 11 is 0. The highest BCUT2D eigenvalue weighted by Gasteiger charge is 2.46. The minimum Gasteiger partial charge on any atom is -0.497 e. The molecule has 2 rings (SSSR count). The first kappa shape index (κ1) is 17.5. The summed E-state index contributed by atoms with van der Waals surface area (Å²) in [7, 11) is 1.53. The van der Waals surface area contributed by atoms with Crippen molar-refractivity contribution in [1.82, 2.24) is 0 Å². The van der Waals surface area contributed by atoms with Crippen LogP contribution in [0.2, 0.25) is 0 Å². The Bertz CT molecular complexity index is 702. The van der Waals surface area contributed by atoms with Gasteiger partial charge in [0.25, 0.3) is 0 Å². The van der Waals surface area contributed by atoms with Gasteiger partial charge in [-0.05, 0) is 43.0 Å². The van der Waals surface area contributed by atoms with Crippen molar-refractivity contribution >= 4 is 11.9 Å². The van der Waals surface area contributed by atoms with E-state index < -0.39 is 17.4 Å². The second-order valence-electron chi connectivity index (χ2n) is 5.88. The van der Waals surface area contributed by atoms with E-state index in [1.165, 1.54) is 7.11 Å². The number of hydrogen-bond acceptors (Lipinski definition) is 3. The number of carboxylic acid groups (broad SMARTS) is 2. The Kier molecular flexibility index (Phi) is 5.24. The van der Waals surface area contributed by atoms with Crippen LogP contribution in [-0.4, -0.2) is 29.3 Å². The maximum atomic E-state index is 11.9. The average Bonchev–Trinajstić information content (AvgIpc) is 2.56. The molecule has 0 atom stereocenters. The average molecular weight is 328 g/mol. The first-order valence-electron chi connectivity index (χ1n) is 7.52. The standard InChI is InChI=1S/C19H20O5/c1-13-3-5-14(6-4-13)11-19(17(20)21,18(22)23)12-15-7-9-16(24-2)10-8-15/h3-10H,11-12H2,1-2H3,(H,20,21)(H,22,23). The zero-order valence-electron chi connectivity index (χ0n) is 13.7. The van der Waals surface area contributed by atoms with Crippen molar-refractivity contribution in [1.29, 1.82) is 0 Å². The largest absolute Gasteiger partial charge is 0.497 e. The van der Waals surface area contributed by atoms with Crippen LogP contribution in [0.3, 0.4) is 0 Å². The maximum absolute atomic E-state index is 11.9. The molecule has 0 fully saturated rings. The predicted molar refractivity (Wildman–Crippen MR) is 89.3 cm³/mol. The first-order chi connectivity index (χ1) is 11.4. The number of aliphatic carboxylic acids is 2. The second kappa shape index (κ2) is 7.17. The van der Waals surface area contributed by atoms with Gasteiger partial charge in [-0.1, -0.05) is 42.0 Å². The molecule has 0 aliphatic heterocycles. The molecule has 126 valence electrons. The molecule has 0 saturated heterocycles. The van der Waals surface area contributed by atoms with Crippen LogP contribution in [-0.2, 0) is 22.4 Å². The lowest BCUT2D eigenvalue weighted by Crippen LogP contribution is -2.43. The smallest absolute Gasteiger partial charge is 0.321 e. The molecule has 0 radical (unpaired) electrons. The summed E-state index contributed by atoms with van der Waals surface area (Å²) in [5, 5.41) is 19.3. The van der Waals surface area contributed by atoms with E-state index in [9.17, 15) is 19.8 Å². The zero-order chi connectivity index (χ0) is 17.7. The van der Waals surface area contributed by atoms with Gasteiger partial charge in [0.05, 0.1) is 7.11 Å². The lowest BCUT2D eigenvalue weighted by atomic mass is 9.76. The Morgan fingerprint density at radius 2 is 1.29 bits per heavy atom.